The number of rotatable bonds is 6. The van der Waals surface area contributed by atoms with Crippen LogP contribution < -0.4 is 11.1 Å². The first-order valence-corrected chi connectivity index (χ1v) is 12.8. The maximum atomic E-state index is 11.3. The van der Waals surface area contributed by atoms with Crippen molar-refractivity contribution >= 4 is 17.9 Å². The van der Waals surface area contributed by atoms with Crippen LogP contribution in [-0.4, -0.2) is 60.7 Å². The normalized spacial score (nSPS) is 20.6. The number of esters is 1. The number of halogens is 6. The maximum Gasteiger partial charge on any atom is 0.490 e. The second-order valence-electron chi connectivity index (χ2n) is 9.72. The molecule has 5 N–H and O–H groups in total. The number of nitrogens with one attached hydrogen (secondary N) is 1. The Hall–Kier alpha value is -2.87. The third-order valence-electron chi connectivity index (χ3n) is 7.00. The van der Waals surface area contributed by atoms with Crippen LogP contribution in [0.3, 0.4) is 0 Å². The molecule has 8 nitrogen and oxygen atoms in total. The number of carboxylic acids is 2. The first-order chi connectivity index (χ1) is 18.6. The molecule has 1 aliphatic heterocycles. The van der Waals surface area contributed by atoms with E-state index in [1.807, 2.05) is 0 Å². The Kier molecular flexibility index (Phi) is 14.4. The van der Waals surface area contributed by atoms with Gasteiger partial charge in [0.2, 0.25) is 0 Å². The van der Waals surface area contributed by atoms with E-state index in [4.69, 9.17) is 30.3 Å². The zero-order valence-electron chi connectivity index (χ0n) is 22.1. The van der Waals surface area contributed by atoms with Gasteiger partial charge in [-0.15, -0.1) is 0 Å². The van der Waals surface area contributed by atoms with Crippen LogP contribution in [0.5, 0.6) is 0 Å². The van der Waals surface area contributed by atoms with Gasteiger partial charge in [0.05, 0.1) is 7.11 Å². The summed E-state index contributed by atoms with van der Waals surface area (Å²) in [6.45, 7) is 2.26. The van der Waals surface area contributed by atoms with Crippen molar-refractivity contribution in [3.63, 3.8) is 0 Å². The second kappa shape index (κ2) is 16.4. The fourth-order valence-corrected chi connectivity index (χ4v) is 4.68. The molecule has 3 rings (SSSR count). The smallest absolute Gasteiger partial charge is 0.475 e. The Balaban J connectivity index is 0.000000473. The van der Waals surface area contributed by atoms with Crippen LogP contribution in [0.25, 0.3) is 0 Å². The average Bonchev–Trinajstić information content (AvgIpc) is 2.92. The number of benzene rings is 1. The number of methoxy groups -OCH3 is 1. The quantitative estimate of drug-likeness (QED) is 0.264. The SMILES string of the molecule is COC(=O)CCC1CCC(C(N)c2ccc(C3CCNCC3)cc2)CC1.O=C(O)C(F)(F)F.O=C(O)C(F)(F)F. The summed E-state index contributed by atoms with van der Waals surface area (Å²) in [5.74, 6) is -3.68. The summed E-state index contributed by atoms with van der Waals surface area (Å²) in [5.41, 5.74) is 9.35. The number of ether oxygens (including phenoxy) is 1. The molecule has 1 saturated heterocycles. The van der Waals surface area contributed by atoms with Crippen molar-refractivity contribution in [1.29, 1.82) is 0 Å². The molecule has 2 aliphatic rings. The van der Waals surface area contributed by atoms with Gasteiger partial charge < -0.3 is 26.0 Å². The maximum absolute atomic E-state index is 11.3. The number of carbonyl (C=O) groups is 3. The minimum Gasteiger partial charge on any atom is -0.475 e. The zero-order valence-corrected chi connectivity index (χ0v) is 22.1. The van der Waals surface area contributed by atoms with Gasteiger partial charge in [0.15, 0.2) is 0 Å². The molecule has 0 amide bonds. The molecule has 14 heteroatoms. The molecule has 1 aliphatic carbocycles. The molecule has 1 saturated carbocycles. The molecular weight excluding hydrogens is 550 g/mol. The van der Waals surface area contributed by atoms with Gasteiger partial charge in [-0.3, -0.25) is 4.79 Å². The van der Waals surface area contributed by atoms with Crippen molar-refractivity contribution in [2.75, 3.05) is 20.2 Å². The fourth-order valence-electron chi connectivity index (χ4n) is 4.68. The van der Waals surface area contributed by atoms with Crippen molar-refractivity contribution in [3.05, 3.63) is 35.4 Å². The van der Waals surface area contributed by atoms with Gasteiger partial charge in [-0.2, -0.15) is 26.3 Å². The van der Waals surface area contributed by atoms with Crippen LogP contribution in [0, 0.1) is 11.8 Å². The molecule has 0 aromatic heterocycles. The van der Waals surface area contributed by atoms with Crippen molar-refractivity contribution in [3.8, 4) is 0 Å². The number of piperidine rings is 1. The lowest BCUT2D eigenvalue weighted by atomic mass is 9.75. The molecule has 1 heterocycles. The van der Waals surface area contributed by atoms with Gasteiger partial charge in [-0.25, -0.2) is 9.59 Å². The lowest BCUT2D eigenvalue weighted by molar-refractivity contribution is -0.193. The van der Waals surface area contributed by atoms with E-state index in [0.29, 0.717) is 24.2 Å². The van der Waals surface area contributed by atoms with Crippen LogP contribution >= 0.6 is 0 Å². The number of nitrogens with two attached hydrogens (primary N) is 1. The highest BCUT2D eigenvalue weighted by Crippen LogP contribution is 2.38. The Morgan fingerprint density at radius 1 is 0.900 bits per heavy atom. The summed E-state index contributed by atoms with van der Waals surface area (Å²) in [6.07, 6.45) is -1.48. The Morgan fingerprint density at radius 2 is 1.35 bits per heavy atom. The average molecular weight is 587 g/mol. The molecule has 1 aromatic carbocycles. The monoisotopic (exact) mass is 586 g/mol. The summed E-state index contributed by atoms with van der Waals surface area (Å²) >= 11 is 0. The van der Waals surface area contributed by atoms with Crippen molar-refractivity contribution < 1.29 is 55.7 Å². The molecule has 1 aromatic rings. The summed E-state index contributed by atoms with van der Waals surface area (Å²) in [5, 5.41) is 17.7. The number of aliphatic carboxylic acids is 2. The number of alkyl halides is 6. The molecular formula is C26H36F6N2O6. The highest BCUT2D eigenvalue weighted by atomic mass is 19.4. The topological polar surface area (TPSA) is 139 Å². The van der Waals surface area contributed by atoms with Crippen molar-refractivity contribution in [2.24, 2.45) is 17.6 Å². The summed E-state index contributed by atoms with van der Waals surface area (Å²) < 4.78 is 68.2. The largest absolute Gasteiger partial charge is 0.490 e. The van der Waals surface area contributed by atoms with Crippen molar-refractivity contribution in [1.82, 2.24) is 5.32 Å². The van der Waals surface area contributed by atoms with Crippen LogP contribution in [0.15, 0.2) is 24.3 Å². The third-order valence-corrected chi connectivity index (χ3v) is 7.00. The van der Waals surface area contributed by atoms with Crippen molar-refractivity contribution in [2.45, 2.75) is 75.7 Å². The molecule has 0 radical (unpaired) electrons. The molecule has 40 heavy (non-hydrogen) atoms. The van der Waals surface area contributed by atoms with E-state index in [2.05, 4.69) is 29.6 Å². The first-order valence-electron chi connectivity index (χ1n) is 12.8. The van der Waals surface area contributed by atoms with Gasteiger partial charge in [-0.05, 0) is 74.1 Å². The van der Waals surface area contributed by atoms with Crippen LogP contribution in [-0.2, 0) is 19.1 Å². The predicted octanol–water partition coefficient (Wildman–Crippen LogP) is 5.18. The highest BCUT2D eigenvalue weighted by Gasteiger charge is 2.39. The molecule has 0 bridgehead atoms. The Bertz CT molecular complexity index is 901. The Labute approximate surface area is 228 Å². The van der Waals surface area contributed by atoms with E-state index in [0.717, 1.165) is 19.5 Å². The van der Waals surface area contributed by atoms with Crippen LogP contribution in [0.4, 0.5) is 26.3 Å². The molecule has 1 atom stereocenters. The van der Waals surface area contributed by atoms with E-state index in [1.54, 1.807) is 0 Å². The fraction of sp³-hybridized carbons (Fsp3) is 0.654. The van der Waals surface area contributed by atoms with Gasteiger partial charge in [0, 0.05) is 12.5 Å². The Morgan fingerprint density at radius 3 is 1.75 bits per heavy atom. The summed E-state index contributed by atoms with van der Waals surface area (Å²) in [6, 6.07) is 9.25. The molecule has 228 valence electrons. The number of hydrogen-bond acceptors (Lipinski definition) is 6. The van der Waals surface area contributed by atoms with Gasteiger partial charge >= 0.3 is 30.3 Å². The zero-order chi connectivity index (χ0) is 30.5. The van der Waals surface area contributed by atoms with Gasteiger partial charge in [0.25, 0.3) is 0 Å². The number of carbonyl (C=O) groups excluding carboxylic acids is 1. The van der Waals surface area contributed by atoms with Crippen LogP contribution in [0.2, 0.25) is 0 Å². The molecule has 2 fully saturated rings. The summed E-state index contributed by atoms with van der Waals surface area (Å²) in [7, 11) is 1.47. The minimum absolute atomic E-state index is 0.0855. The number of carboxylic acid groups (broad SMARTS) is 2. The predicted molar refractivity (Wildman–Crippen MR) is 132 cm³/mol. The third kappa shape index (κ3) is 13.0. The van der Waals surface area contributed by atoms with E-state index >= 15 is 0 Å². The van der Waals surface area contributed by atoms with E-state index in [-0.39, 0.29) is 12.0 Å². The first kappa shape index (κ1) is 35.2. The van der Waals surface area contributed by atoms with E-state index in [1.165, 1.54) is 56.8 Å². The summed E-state index contributed by atoms with van der Waals surface area (Å²) in [4.78, 5) is 29.1. The highest BCUT2D eigenvalue weighted by molar-refractivity contribution is 5.73. The van der Waals surface area contributed by atoms with Crippen LogP contribution in [0.1, 0.15) is 74.5 Å². The lowest BCUT2D eigenvalue weighted by Gasteiger charge is -2.32. The second-order valence-corrected chi connectivity index (χ2v) is 9.72. The molecule has 1 unspecified atom stereocenters. The number of hydrogen-bond donors (Lipinski definition) is 4. The standard InChI is InChI=1S/C22H34N2O2.2C2HF3O2/c1-26-21(25)11-4-16-2-5-19(6-3-16)22(23)20-9-7-17(8-10-20)18-12-14-24-15-13-18;2*3-2(4,5)1(6)7/h7-10,16,18-19,22,24H,2-6,11-15,23H2,1H3;2*(H,6,7). The lowest BCUT2D eigenvalue weighted by Crippen LogP contribution is -2.27. The minimum atomic E-state index is -5.08. The van der Waals surface area contributed by atoms with Gasteiger partial charge in [0.1, 0.15) is 0 Å². The van der Waals surface area contributed by atoms with Gasteiger partial charge in [-0.1, -0.05) is 37.1 Å². The molecule has 0 spiro atoms. The van der Waals surface area contributed by atoms with E-state index in [9.17, 15) is 31.1 Å². The van der Waals surface area contributed by atoms with E-state index < -0.39 is 24.3 Å².